The zero-order valence-corrected chi connectivity index (χ0v) is 17.5. The molecule has 0 aliphatic heterocycles. The van der Waals surface area contributed by atoms with Gasteiger partial charge in [-0.05, 0) is 35.4 Å². The lowest BCUT2D eigenvalue weighted by atomic mass is 10.1. The van der Waals surface area contributed by atoms with Crippen molar-refractivity contribution in [3.05, 3.63) is 75.3 Å². The average Bonchev–Trinajstić information content (AvgIpc) is 3.33. The van der Waals surface area contributed by atoms with E-state index in [4.69, 9.17) is 5.73 Å². The fourth-order valence-corrected chi connectivity index (χ4v) is 3.66. The third kappa shape index (κ3) is 5.02. The van der Waals surface area contributed by atoms with E-state index in [2.05, 4.69) is 9.84 Å². The molecule has 3 aromatic rings. The maximum Gasteiger partial charge on any atom is 0.346 e. The van der Waals surface area contributed by atoms with Gasteiger partial charge in [-0.3, -0.25) is 4.57 Å². The molecule has 0 saturated heterocycles. The predicted molar refractivity (Wildman–Crippen MR) is 112 cm³/mol. The van der Waals surface area contributed by atoms with Crippen LogP contribution >= 0.6 is 23.7 Å². The number of halogens is 3. The molecule has 2 aromatic heterocycles. The number of nitrogens with two attached hydrogens (primary N) is 1. The number of carbonyl (C=O) groups is 1. The summed E-state index contributed by atoms with van der Waals surface area (Å²) in [5, 5.41) is 3.97. The number of esters is 1. The van der Waals surface area contributed by atoms with Crippen molar-refractivity contribution >= 4 is 29.7 Å². The van der Waals surface area contributed by atoms with E-state index in [9.17, 15) is 18.4 Å². The molecule has 0 amide bonds. The highest BCUT2D eigenvalue weighted by Gasteiger charge is 2.14. The highest BCUT2D eigenvalue weighted by atomic mass is 35.5. The fraction of sp³-hybridized carbons (Fsp3) is 0.211. The molecule has 160 valence electrons. The number of carbonyl (C=O) groups excluding carboxylic acids is 1. The first-order valence-electron chi connectivity index (χ1n) is 8.54. The van der Waals surface area contributed by atoms with Gasteiger partial charge in [-0.2, -0.15) is 5.10 Å². The van der Waals surface area contributed by atoms with Gasteiger partial charge in [0.2, 0.25) is 0 Å². The van der Waals surface area contributed by atoms with Gasteiger partial charge in [-0.15, -0.1) is 23.7 Å². The van der Waals surface area contributed by atoms with E-state index in [1.165, 1.54) is 41.5 Å². The quantitative estimate of drug-likeness (QED) is 0.552. The molecule has 2 N–H and O–H groups in total. The van der Waals surface area contributed by atoms with Crippen LogP contribution in [0.25, 0.3) is 10.4 Å². The Labute approximate surface area is 180 Å². The molecule has 7 nitrogen and oxygen atoms in total. The molecule has 0 aliphatic rings. The Morgan fingerprint density at radius 2 is 2.10 bits per heavy atom. The number of hydrogen-bond acceptors (Lipinski definition) is 6. The number of aromatic nitrogens is 3. The van der Waals surface area contributed by atoms with Crippen LogP contribution in [-0.2, 0) is 17.8 Å². The van der Waals surface area contributed by atoms with Crippen LogP contribution in [0.1, 0.15) is 15.2 Å². The SMILES string of the molecule is COC(=O)c1ccc(-c2ccc(Cn3cnn(C/C(=C/F)CN)c3=O)s2)cc1F.Cl. The second kappa shape index (κ2) is 10.3. The number of hydrogen-bond donors (Lipinski definition) is 1. The Kier molecular flexibility index (Phi) is 8.04. The van der Waals surface area contributed by atoms with E-state index in [0.717, 1.165) is 14.4 Å². The zero-order chi connectivity index (χ0) is 21.0. The minimum absolute atomic E-state index is 0. The van der Waals surface area contributed by atoms with E-state index in [-0.39, 0.29) is 48.9 Å². The Balaban J connectivity index is 0.00000320. The summed E-state index contributed by atoms with van der Waals surface area (Å²) in [4.78, 5) is 25.5. The lowest BCUT2D eigenvalue weighted by molar-refractivity contribution is 0.0595. The first kappa shape index (κ1) is 23.5. The van der Waals surface area contributed by atoms with Crippen molar-refractivity contribution in [1.82, 2.24) is 14.3 Å². The van der Waals surface area contributed by atoms with Gasteiger partial charge in [0, 0.05) is 16.3 Å². The highest BCUT2D eigenvalue weighted by Crippen LogP contribution is 2.29. The van der Waals surface area contributed by atoms with Crippen LogP contribution in [-0.4, -0.2) is 34.0 Å². The van der Waals surface area contributed by atoms with Crippen molar-refractivity contribution < 1.29 is 18.3 Å². The van der Waals surface area contributed by atoms with Gasteiger partial charge in [0.15, 0.2) is 0 Å². The molecule has 0 saturated carbocycles. The number of nitrogens with zero attached hydrogens (tertiary/aromatic N) is 3. The molecule has 0 unspecified atom stereocenters. The van der Waals surface area contributed by atoms with Crippen LogP contribution in [0.2, 0.25) is 0 Å². The zero-order valence-electron chi connectivity index (χ0n) is 15.9. The van der Waals surface area contributed by atoms with Gasteiger partial charge in [0.25, 0.3) is 0 Å². The summed E-state index contributed by atoms with van der Waals surface area (Å²) < 4.78 is 33.9. The van der Waals surface area contributed by atoms with Crippen molar-refractivity contribution in [1.29, 1.82) is 0 Å². The average molecular weight is 457 g/mol. The molecule has 0 radical (unpaired) electrons. The Hall–Kier alpha value is -2.82. The largest absolute Gasteiger partial charge is 0.465 e. The second-order valence-electron chi connectivity index (χ2n) is 6.12. The Morgan fingerprint density at radius 3 is 2.73 bits per heavy atom. The van der Waals surface area contributed by atoms with Crippen LogP contribution in [0.4, 0.5) is 8.78 Å². The minimum atomic E-state index is -0.738. The standard InChI is InChI=1S/C19H18F2N4O3S.ClH/c1-28-18(26)15-4-2-13(6-16(15)21)17-5-3-14(29-17)10-24-11-23-25(19(24)27)9-12(7-20)8-22;/h2-7,11H,8-10,22H2,1H3;1H/b12-7+;. The van der Waals surface area contributed by atoms with E-state index >= 15 is 0 Å². The molecule has 0 bridgehead atoms. The number of benzene rings is 1. The van der Waals surface area contributed by atoms with Gasteiger partial charge in [0.1, 0.15) is 12.1 Å². The summed E-state index contributed by atoms with van der Waals surface area (Å²) in [5.41, 5.74) is 5.75. The molecule has 30 heavy (non-hydrogen) atoms. The summed E-state index contributed by atoms with van der Waals surface area (Å²) in [7, 11) is 1.19. The summed E-state index contributed by atoms with van der Waals surface area (Å²) in [5.74, 6) is -1.41. The van der Waals surface area contributed by atoms with Crippen LogP contribution in [0.5, 0.6) is 0 Å². The van der Waals surface area contributed by atoms with E-state index in [1.807, 2.05) is 6.07 Å². The van der Waals surface area contributed by atoms with Crippen molar-refractivity contribution in [2.75, 3.05) is 13.7 Å². The molecular formula is C19H19ClF2N4O3S. The van der Waals surface area contributed by atoms with Gasteiger partial charge < -0.3 is 10.5 Å². The van der Waals surface area contributed by atoms with Gasteiger partial charge >= 0.3 is 11.7 Å². The van der Waals surface area contributed by atoms with Crippen LogP contribution in [0.15, 0.2) is 53.4 Å². The van der Waals surface area contributed by atoms with E-state index in [1.54, 1.807) is 12.1 Å². The third-order valence-electron chi connectivity index (χ3n) is 4.21. The molecule has 0 aliphatic carbocycles. The second-order valence-corrected chi connectivity index (χ2v) is 7.29. The molecule has 1 aromatic carbocycles. The van der Waals surface area contributed by atoms with Crippen molar-refractivity contribution in [3.8, 4) is 10.4 Å². The van der Waals surface area contributed by atoms with Crippen molar-refractivity contribution in [3.63, 3.8) is 0 Å². The van der Waals surface area contributed by atoms with Crippen LogP contribution in [0.3, 0.4) is 0 Å². The minimum Gasteiger partial charge on any atom is -0.465 e. The molecule has 0 atom stereocenters. The molecule has 11 heteroatoms. The lowest BCUT2D eigenvalue weighted by Crippen LogP contribution is -2.26. The van der Waals surface area contributed by atoms with Gasteiger partial charge in [-0.25, -0.2) is 23.1 Å². The van der Waals surface area contributed by atoms with E-state index in [0.29, 0.717) is 11.9 Å². The van der Waals surface area contributed by atoms with Crippen LogP contribution in [0, 0.1) is 5.82 Å². The maximum absolute atomic E-state index is 14.2. The summed E-state index contributed by atoms with van der Waals surface area (Å²) in [6, 6.07) is 7.90. The molecule has 3 rings (SSSR count). The van der Waals surface area contributed by atoms with Crippen molar-refractivity contribution in [2.24, 2.45) is 5.73 Å². The first-order chi connectivity index (χ1) is 14.0. The third-order valence-corrected chi connectivity index (χ3v) is 5.33. The number of methoxy groups -OCH3 is 1. The monoisotopic (exact) mass is 456 g/mol. The topological polar surface area (TPSA) is 92.1 Å². The number of thiophene rings is 1. The summed E-state index contributed by atoms with van der Waals surface area (Å²) >= 11 is 1.38. The first-order valence-corrected chi connectivity index (χ1v) is 9.35. The molecule has 0 spiro atoms. The maximum atomic E-state index is 14.2. The fourth-order valence-electron chi connectivity index (χ4n) is 2.65. The van der Waals surface area contributed by atoms with Gasteiger partial charge in [-0.1, -0.05) is 6.07 Å². The number of ether oxygens (including phenoxy) is 1. The highest BCUT2D eigenvalue weighted by molar-refractivity contribution is 7.15. The molecule has 2 heterocycles. The smallest absolute Gasteiger partial charge is 0.346 e. The normalized spacial score (nSPS) is 11.3. The number of rotatable bonds is 7. The molecule has 0 fully saturated rings. The van der Waals surface area contributed by atoms with Crippen molar-refractivity contribution in [2.45, 2.75) is 13.1 Å². The molecular weight excluding hydrogens is 438 g/mol. The van der Waals surface area contributed by atoms with E-state index < -0.39 is 11.8 Å². The Bertz CT molecular complexity index is 1120. The Morgan fingerprint density at radius 1 is 1.33 bits per heavy atom. The van der Waals surface area contributed by atoms with Gasteiger partial charge in [0.05, 0.1) is 32.1 Å². The lowest BCUT2D eigenvalue weighted by Gasteiger charge is -2.03. The summed E-state index contributed by atoms with van der Waals surface area (Å²) in [6.07, 6.45) is 1.75. The predicted octanol–water partition coefficient (Wildman–Crippen LogP) is 2.98. The summed E-state index contributed by atoms with van der Waals surface area (Å²) in [6.45, 7) is 0.249. The van der Waals surface area contributed by atoms with Crippen LogP contribution < -0.4 is 11.4 Å².